The summed E-state index contributed by atoms with van der Waals surface area (Å²) in [6.45, 7) is 0. The van der Waals surface area contributed by atoms with Crippen molar-refractivity contribution < 1.29 is 50.8 Å². The third kappa shape index (κ3) is 3.84. The van der Waals surface area contributed by atoms with E-state index in [9.17, 15) is 14.2 Å². The van der Waals surface area contributed by atoms with Crippen LogP contribution >= 0.6 is 15.2 Å². The van der Waals surface area contributed by atoms with Gasteiger partial charge in [0.05, 0.1) is 6.42 Å². The molecule has 0 aliphatic carbocycles. The largest absolute Gasteiger partial charge is 1.00 e. The second kappa shape index (κ2) is 5.99. The van der Waals surface area contributed by atoms with E-state index in [-0.39, 0.29) is 18.1 Å². The summed E-state index contributed by atoms with van der Waals surface area (Å²) in [5.74, 6) is 0. The van der Waals surface area contributed by atoms with Crippen molar-refractivity contribution in [1.29, 1.82) is 0 Å². The molecule has 1 rings (SSSR count). The molecule has 11 heteroatoms. The number of pyridine rings is 1. The number of hydrogen-bond donors (Lipinski definition) is 5. The summed E-state index contributed by atoms with van der Waals surface area (Å²) in [5.41, 5.74) is 0.173. The average Bonchev–Trinajstić information content (AvgIpc) is 2.18. The SMILES string of the molecule is C[n+]1ccccc1CC(O)(P(=O)(O)O)P(=O)(O)O.[Cl-]. The van der Waals surface area contributed by atoms with Gasteiger partial charge in [-0.05, 0) is 0 Å². The smallest absolute Gasteiger partial charge is 0.370 e. The molecule has 110 valence electrons. The highest BCUT2D eigenvalue weighted by molar-refractivity contribution is 7.72. The molecule has 5 N–H and O–H groups in total. The van der Waals surface area contributed by atoms with Gasteiger partial charge in [0.25, 0.3) is 5.08 Å². The molecule has 0 radical (unpaired) electrons. The first-order chi connectivity index (χ1) is 7.99. The molecule has 0 saturated heterocycles. The highest BCUT2D eigenvalue weighted by Crippen LogP contribution is 2.68. The lowest BCUT2D eigenvalue weighted by molar-refractivity contribution is -0.679. The quantitative estimate of drug-likeness (QED) is 0.280. The van der Waals surface area contributed by atoms with Gasteiger partial charge >= 0.3 is 15.2 Å². The summed E-state index contributed by atoms with van der Waals surface area (Å²) in [7, 11) is -9.31. The number of aryl methyl sites for hydroxylation is 1. The fraction of sp³-hybridized carbons (Fsp3) is 0.375. The fourth-order valence-electron chi connectivity index (χ4n) is 1.36. The van der Waals surface area contributed by atoms with Crippen molar-refractivity contribution in [3.05, 3.63) is 30.1 Å². The van der Waals surface area contributed by atoms with Crippen LogP contribution in [0.3, 0.4) is 0 Å². The fourth-order valence-corrected chi connectivity index (χ4v) is 3.45. The molecule has 0 unspecified atom stereocenters. The molecular formula is C8H14ClNO7P2. The van der Waals surface area contributed by atoms with Crippen LogP contribution in [0.15, 0.2) is 24.4 Å². The molecule has 0 saturated carbocycles. The van der Waals surface area contributed by atoms with Gasteiger partial charge in [-0.3, -0.25) is 9.13 Å². The van der Waals surface area contributed by atoms with Crippen LogP contribution in [0.1, 0.15) is 5.69 Å². The van der Waals surface area contributed by atoms with E-state index in [1.54, 1.807) is 6.07 Å². The Bertz CT molecular complexity index is 518. The van der Waals surface area contributed by atoms with Crippen LogP contribution in [0, 0.1) is 0 Å². The van der Waals surface area contributed by atoms with Crippen molar-refractivity contribution in [2.24, 2.45) is 7.05 Å². The number of hydrogen-bond acceptors (Lipinski definition) is 3. The summed E-state index contributed by atoms with van der Waals surface area (Å²) in [5, 5.41) is 6.31. The van der Waals surface area contributed by atoms with Gasteiger partial charge in [-0.25, -0.2) is 4.57 Å². The molecule has 0 aliphatic heterocycles. The molecule has 1 heterocycles. The van der Waals surface area contributed by atoms with E-state index in [1.165, 1.54) is 29.9 Å². The normalized spacial score (nSPS) is 12.9. The number of rotatable bonds is 4. The van der Waals surface area contributed by atoms with Gasteiger partial charge in [-0.1, -0.05) is 6.07 Å². The van der Waals surface area contributed by atoms with Crippen molar-refractivity contribution in [3.63, 3.8) is 0 Å². The van der Waals surface area contributed by atoms with Crippen molar-refractivity contribution in [2.75, 3.05) is 0 Å². The van der Waals surface area contributed by atoms with E-state index in [1.807, 2.05) is 0 Å². The topological polar surface area (TPSA) is 139 Å². The van der Waals surface area contributed by atoms with Gasteiger partial charge in [0, 0.05) is 12.1 Å². The van der Waals surface area contributed by atoms with E-state index < -0.39 is 26.7 Å². The predicted octanol–water partition coefficient (Wildman–Crippen LogP) is -3.94. The highest BCUT2D eigenvalue weighted by Gasteiger charge is 2.60. The van der Waals surface area contributed by atoms with E-state index in [2.05, 4.69) is 0 Å². The second-order valence-corrected chi connectivity index (χ2v) is 7.85. The minimum Gasteiger partial charge on any atom is -1.00 e. The summed E-state index contributed by atoms with van der Waals surface area (Å²) in [6, 6.07) is 4.54. The second-order valence-electron chi connectivity index (χ2n) is 3.84. The Morgan fingerprint density at radius 1 is 1.16 bits per heavy atom. The Kier molecular flexibility index (Phi) is 5.90. The van der Waals surface area contributed by atoms with Crippen molar-refractivity contribution in [3.8, 4) is 0 Å². The number of nitrogens with zero attached hydrogens (tertiary/aromatic N) is 1. The number of aliphatic hydroxyl groups is 1. The van der Waals surface area contributed by atoms with Gasteiger partial charge in [0.15, 0.2) is 11.9 Å². The number of halogens is 1. The third-order valence-electron chi connectivity index (χ3n) is 2.51. The molecule has 0 spiro atoms. The predicted molar refractivity (Wildman–Crippen MR) is 60.4 cm³/mol. The Hall–Kier alpha value is -0.300. The van der Waals surface area contributed by atoms with Crippen LogP contribution in [0.25, 0.3) is 0 Å². The van der Waals surface area contributed by atoms with Crippen LogP contribution in [-0.2, 0) is 22.6 Å². The monoisotopic (exact) mass is 333 g/mol. The Morgan fingerprint density at radius 2 is 1.63 bits per heavy atom. The summed E-state index contributed by atoms with van der Waals surface area (Å²) >= 11 is 0. The van der Waals surface area contributed by atoms with Crippen LogP contribution < -0.4 is 17.0 Å². The van der Waals surface area contributed by atoms with Crippen molar-refractivity contribution >= 4 is 15.2 Å². The zero-order chi connectivity index (χ0) is 14.2. The minimum atomic E-state index is -5.42. The maximum absolute atomic E-state index is 11.2. The molecule has 0 aliphatic rings. The minimum absolute atomic E-state index is 0. The first-order valence-corrected chi connectivity index (χ1v) is 7.99. The lowest BCUT2D eigenvalue weighted by Crippen LogP contribution is -3.00. The van der Waals surface area contributed by atoms with E-state index in [0.717, 1.165) is 0 Å². The first-order valence-electron chi connectivity index (χ1n) is 4.76. The first kappa shape index (κ1) is 18.7. The maximum atomic E-state index is 11.2. The lowest BCUT2D eigenvalue weighted by atomic mass is 10.2. The van der Waals surface area contributed by atoms with Crippen LogP contribution in [0.4, 0.5) is 0 Å². The van der Waals surface area contributed by atoms with Gasteiger partial charge in [0.1, 0.15) is 7.05 Å². The molecule has 8 nitrogen and oxygen atoms in total. The zero-order valence-electron chi connectivity index (χ0n) is 9.79. The molecular weight excluding hydrogens is 319 g/mol. The van der Waals surface area contributed by atoms with Crippen LogP contribution in [-0.4, -0.2) is 29.8 Å². The van der Waals surface area contributed by atoms with Gasteiger partial charge < -0.3 is 37.1 Å². The zero-order valence-corrected chi connectivity index (χ0v) is 12.3. The molecule has 0 fully saturated rings. The molecule has 1 aromatic heterocycles. The van der Waals surface area contributed by atoms with E-state index in [4.69, 9.17) is 19.6 Å². The Labute approximate surface area is 115 Å². The summed E-state index contributed by atoms with van der Waals surface area (Å²) in [4.78, 5) is 35.9. The lowest BCUT2D eigenvalue weighted by Gasteiger charge is -2.28. The van der Waals surface area contributed by atoms with Gasteiger partial charge in [-0.15, -0.1) is 0 Å². The maximum Gasteiger partial charge on any atom is 0.370 e. The third-order valence-corrected chi connectivity index (χ3v) is 6.26. The van der Waals surface area contributed by atoms with Crippen LogP contribution in [0.5, 0.6) is 0 Å². The Morgan fingerprint density at radius 3 is 2.00 bits per heavy atom. The molecule has 0 amide bonds. The van der Waals surface area contributed by atoms with E-state index >= 15 is 0 Å². The summed E-state index contributed by atoms with van der Waals surface area (Å²) in [6.07, 6.45) is 0.661. The molecule has 0 aromatic carbocycles. The van der Waals surface area contributed by atoms with Crippen molar-refractivity contribution in [2.45, 2.75) is 11.5 Å². The molecule has 1 aromatic rings. The van der Waals surface area contributed by atoms with Gasteiger partial charge in [-0.2, -0.15) is 0 Å². The Balaban J connectivity index is 0.00000324. The molecule has 0 bridgehead atoms. The molecule has 19 heavy (non-hydrogen) atoms. The standard InChI is InChI=1S/C8H13NO7P2.ClH/c1-9-5-3-2-4-7(9)6-8(10,17(11,12)13)18(14,15)16;/h2-5,10H,6H2,1H3,(H3-,11,12,13,14,15,16);1H. The van der Waals surface area contributed by atoms with Gasteiger partial charge in [0.2, 0.25) is 0 Å². The van der Waals surface area contributed by atoms with Crippen molar-refractivity contribution in [1.82, 2.24) is 0 Å². The van der Waals surface area contributed by atoms with Crippen LogP contribution in [0.2, 0.25) is 0 Å². The average molecular weight is 334 g/mol. The number of aromatic nitrogens is 1. The summed E-state index contributed by atoms with van der Waals surface area (Å²) < 4.78 is 23.7. The van der Waals surface area contributed by atoms with E-state index in [0.29, 0.717) is 0 Å². The highest BCUT2D eigenvalue weighted by atomic mass is 35.5. The molecule has 0 atom stereocenters.